The van der Waals surface area contributed by atoms with Crippen molar-refractivity contribution < 1.29 is 9.48 Å². The fraction of sp³-hybridized carbons (Fsp3) is 0.500. The molecule has 1 saturated heterocycles. The fourth-order valence-electron chi connectivity index (χ4n) is 2.61. The molecule has 0 aromatic carbocycles. The van der Waals surface area contributed by atoms with Gasteiger partial charge >= 0.3 is 0 Å². The molecule has 0 bridgehead atoms. The van der Waals surface area contributed by atoms with E-state index in [9.17, 15) is 0 Å². The molecule has 1 aliphatic heterocycles. The third-order valence-corrected chi connectivity index (χ3v) is 3.67. The van der Waals surface area contributed by atoms with Crippen molar-refractivity contribution in [2.24, 2.45) is 0 Å². The van der Waals surface area contributed by atoms with Crippen LogP contribution in [0, 0.1) is 0 Å². The third-order valence-electron chi connectivity index (χ3n) is 3.67. The molecule has 98 valence electrons. The van der Waals surface area contributed by atoms with Crippen LogP contribution in [0.5, 0.6) is 5.88 Å². The van der Waals surface area contributed by atoms with E-state index >= 15 is 0 Å². The lowest BCUT2D eigenvalue weighted by Crippen LogP contribution is -2.59. The van der Waals surface area contributed by atoms with Gasteiger partial charge in [-0.15, -0.1) is 4.65 Å². The zero-order chi connectivity index (χ0) is 13.0. The second kappa shape index (κ2) is 5.40. The van der Waals surface area contributed by atoms with Gasteiger partial charge < -0.3 is 5.73 Å². The van der Waals surface area contributed by atoms with Crippen molar-refractivity contribution in [1.82, 2.24) is 4.98 Å². The minimum absolute atomic E-state index is 0.458. The van der Waals surface area contributed by atoms with Crippen molar-refractivity contribution in [3.63, 3.8) is 0 Å². The summed E-state index contributed by atoms with van der Waals surface area (Å²) in [6.07, 6.45) is 5.55. The van der Waals surface area contributed by atoms with Crippen LogP contribution in [0.15, 0.2) is 30.9 Å². The van der Waals surface area contributed by atoms with E-state index in [2.05, 4.69) is 18.5 Å². The van der Waals surface area contributed by atoms with Gasteiger partial charge in [-0.1, -0.05) is 12.6 Å². The van der Waals surface area contributed by atoms with E-state index < -0.39 is 0 Å². The zero-order valence-corrected chi connectivity index (χ0v) is 11.0. The molecule has 1 fully saturated rings. The second-order valence-electron chi connectivity index (χ2n) is 4.98. The number of nitrogens with two attached hydrogens (primary N) is 1. The Morgan fingerprint density at radius 3 is 3.06 bits per heavy atom. The van der Waals surface area contributed by atoms with Gasteiger partial charge in [-0.2, -0.15) is 4.98 Å². The highest BCUT2D eigenvalue weighted by Gasteiger charge is 2.39. The normalized spacial score (nSPS) is 27.7. The van der Waals surface area contributed by atoms with E-state index in [-0.39, 0.29) is 0 Å². The first-order valence-electron chi connectivity index (χ1n) is 6.56. The van der Waals surface area contributed by atoms with Crippen LogP contribution in [0.25, 0.3) is 0 Å². The van der Waals surface area contributed by atoms with Crippen molar-refractivity contribution in [3.05, 3.63) is 30.9 Å². The Hall–Kier alpha value is -1.55. The van der Waals surface area contributed by atoms with Gasteiger partial charge in [0.15, 0.2) is 0 Å². The number of likely N-dealkylation sites (tertiary alicyclic amines) is 1. The Morgan fingerprint density at radius 1 is 1.56 bits per heavy atom. The number of nitrogen functional groups attached to an aromatic ring is 1. The number of hydrogen-bond donors (Lipinski definition) is 1. The van der Waals surface area contributed by atoms with E-state index in [0.29, 0.717) is 22.4 Å². The summed E-state index contributed by atoms with van der Waals surface area (Å²) in [6, 6.07) is 5.96. The monoisotopic (exact) mass is 248 g/mol. The third kappa shape index (κ3) is 2.64. The number of rotatable bonds is 4. The molecule has 2 heterocycles. The molecule has 0 saturated carbocycles. The van der Waals surface area contributed by atoms with Crippen LogP contribution in [0.4, 0.5) is 5.82 Å². The van der Waals surface area contributed by atoms with Crippen molar-refractivity contribution in [1.29, 1.82) is 0 Å². The molecule has 2 rings (SSSR count). The SMILES string of the molecule is C=CC[N+]1(Oc2cccc(N)n2)CCCCC1C. The van der Waals surface area contributed by atoms with E-state index in [4.69, 9.17) is 10.6 Å². The molecule has 0 radical (unpaired) electrons. The van der Waals surface area contributed by atoms with Gasteiger partial charge in [0.05, 0.1) is 0 Å². The lowest BCUT2D eigenvalue weighted by molar-refractivity contribution is -1.09. The topological polar surface area (TPSA) is 48.1 Å². The molecule has 2 atom stereocenters. The first kappa shape index (κ1) is 12.9. The summed E-state index contributed by atoms with van der Waals surface area (Å²) >= 11 is 0. The maximum Gasteiger partial charge on any atom is 0.283 e. The molecule has 1 aromatic rings. The Labute approximate surface area is 109 Å². The number of hydroxylamine groups is 3. The molecular formula is C14H22N3O+. The van der Waals surface area contributed by atoms with Crippen LogP contribution >= 0.6 is 0 Å². The van der Waals surface area contributed by atoms with Crippen molar-refractivity contribution in [3.8, 4) is 5.88 Å². The number of hydrogen-bond acceptors (Lipinski definition) is 3. The van der Waals surface area contributed by atoms with Gasteiger partial charge in [0.25, 0.3) is 5.88 Å². The average Bonchev–Trinajstić information content (AvgIpc) is 2.33. The minimum Gasteiger partial charge on any atom is -0.384 e. The van der Waals surface area contributed by atoms with Gasteiger partial charge in [0.2, 0.25) is 0 Å². The highest BCUT2D eigenvalue weighted by molar-refractivity contribution is 5.30. The van der Waals surface area contributed by atoms with E-state index in [1.807, 2.05) is 18.2 Å². The molecule has 4 heteroatoms. The second-order valence-corrected chi connectivity index (χ2v) is 4.98. The van der Waals surface area contributed by atoms with Gasteiger partial charge in [-0.25, -0.2) is 0 Å². The molecular weight excluding hydrogens is 226 g/mol. The Kier molecular flexibility index (Phi) is 3.87. The fourth-order valence-corrected chi connectivity index (χ4v) is 2.61. The lowest BCUT2D eigenvalue weighted by Gasteiger charge is -2.42. The number of pyridine rings is 1. The maximum atomic E-state index is 6.15. The molecule has 0 aliphatic carbocycles. The highest BCUT2D eigenvalue weighted by Crippen LogP contribution is 2.28. The Balaban J connectivity index is 2.22. The zero-order valence-electron chi connectivity index (χ0n) is 11.0. The maximum absolute atomic E-state index is 6.15. The summed E-state index contributed by atoms with van der Waals surface area (Å²) < 4.78 is 0.583. The van der Waals surface area contributed by atoms with Gasteiger partial charge in [0, 0.05) is 18.9 Å². The smallest absolute Gasteiger partial charge is 0.283 e. The van der Waals surface area contributed by atoms with Crippen molar-refractivity contribution in [2.45, 2.75) is 32.2 Å². The summed E-state index contributed by atoms with van der Waals surface area (Å²) in [7, 11) is 0. The number of aromatic nitrogens is 1. The molecule has 2 unspecified atom stereocenters. The Morgan fingerprint density at radius 2 is 2.39 bits per heavy atom. The van der Waals surface area contributed by atoms with Crippen LogP contribution < -0.4 is 10.6 Å². The molecule has 0 spiro atoms. The average molecular weight is 248 g/mol. The van der Waals surface area contributed by atoms with E-state index in [1.54, 1.807) is 6.07 Å². The molecule has 1 aliphatic rings. The predicted octanol–water partition coefficient (Wildman–Crippen LogP) is 2.53. The number of anilines is 1. The summed E-state index contributed by atoms with van der Waals surface area (Å²) in [5.74, 6) is 1.10. The van der Waals surface area contributed by atoms with Crippen LogP contribution in [-0.2, 0) is 0 Å². The standard InChI is InChI=1S/C14H22N3O/c1-3-10-17(11-5-4-7-12(17)2)18-14-9-6-8-13(15)16-14/h3,6,8-9,12H,1,4-5,7,10-11H2,2H3,(H2,15,16)/q+1. The minimum atomic E-state index is 0.458. The molecule has 0 amide bonds. The molecule has 1 aromatic heterocycles. The summed E-state index contributed by atoms with van der Waals surface area (Å²) in [5.41, 5.74) is 5.70. The largest absolute Gasteiger partial charge is 0.384 e. The van der Waals surface area contributed by atoms with Crippen LogP contribution in [-0.4, -0.2) is 28.8 Å². The quantitative estimate of drug-likeness (QED) is 0.658. The van der Waals surface area contributed by atoms with Gasteiger partial charge in [-0.05, 0) is 25.5 Å². The molecule has 18 heavy (non-hydrogen) atoms. The highest BCUT2D eigenvalue weighted by atomic mass is 16.7. The predicted molar refractivity (Wildman–Crippen MR) is 72.8 cm³/mol. The van der Waals surface area contributed by atoms with Crippen LogP contribution in [0.3, 0.4) is 0 Å². The molecule has 4 nitrogen and oxygen atoms in total. The number of quaternary nitrogens is 1. The summed E-state index contributed by atoms with van der Waals surface area (Å²) in [4.78, 5) is 10.4. The van der Waals surface area contributed by atoms with E-state index in [1.165, 1.54) is 19.3 Å². The first-order chi connectivity index (χ1) is 8.66. The van der Waals surface area contributed by atoms with Gasteiger partial charge in [0.1, 0.15) is 24.9 Å². The summed E-state index contributed by atoms with van der Waals surface area (Å²) in [6.45, 7) is 7.89. The lowest BCUT2D eigenvalue weighted by atomic mass is 10.0. The molecule has 2 N–H and O–H groups in total. The van der Waals surface area contributed by atoms with Crippen LogP contribution in [0.2, 0.25) is 0 Å². The number of nitrogens with zero attached hydrogens (tertiary/aromatic N) is 2. The number of piperidine rings is 1. The van der Waals surface area contributed by atoms with E-state index in [0.717, 1.165) is 13.1 Å². The van der Waals surface area contributed by atoms with Gasteiger partial charge in [-0.3, -0.25) is 4.84 Å². The van der Waals surface area contributed by atoms with Crippen LogP contribution in [0.1, 0.15) is 26.2 Å². The van der Waals surface area contributed by atoms with Crippen molar-refractivity contribution in [2.75, 3.05) is 18.8 Å². The summed E-state index contributed by atoms with van der Waals surface area (Å²) in [5, 5.41) is 0. The first-order valence-corrected chi connectivity index (χ1v) is 6.56. The Bertz CT molecular complexity index is 421. The van der Waals surface area contributed by atoms with Crippen molar-refractivity contribution >= 4 is 5.82 Å².